The predicted octanol–water partition coefficient (Wildman–Crippen LogP) is 1.47. The number of benzene rings is 1. The molecule has 1 aromatic carbocycles. The Bertz CT molecular complexity index is 755. The molecule has 2 unspecified atom stereocenters. The van der Waals surface area contributed by atoms with Crippen LogP contribution in [0, 0.1) is 19.8 Å². The highest BCUT2D eigenvalue weighted by molar-refractivity contribution is 5.78. The van der Waals surface area contributed by atoms with E-state index in [-0.39, 0.29) is 11.8 Å². The summed E-state index contributed by atoms with van der Waals surface area (Å²) in [4.78, 5) is 18.5. The van der Waals surface area contributed by atoms with Crippen molar-refractivity contribution in [1.29, 1.82) is 0 Å². The molecule has 25 heavy (non-hydrogen) atoms. The maximum absolute atomic E-state index is 11.8. The summed E-state index contributed by atoms with van der Waals surface area (Å²) in [6.45, 7) is 6.93. The summed E-state index contributed by atoms with van der Waals surface area (Å²) in [5.41, 5.74) is 4.48. The summed E-state index contributed by atoms with van der Waals surface area (Å²) < 4.78 is 2.02. The van der Waals surface area contributed by atoms with Gasteiger partial charge in [-0.2, -0.15) is 0 Å². The number of likely N-dealkylation sites (tertiary alicyclic amines) is 1. The number of hydrogen-bond acceptors (Lipinski definition) is 4. The monoisotopic (exact) mass is 344 g/mol. The van der Waals surface area contributed by atoms with Crippen LogP contribution in [0.4, 0.5) is 0 Å². The Labute approximate surface area is 148 Å². The van der Waals surface area contributed by atoms with Crippen molar-refractivity contribution in [3.63, 3.8) is 0 Å². The second-order valence-electron chi connectivity index (χ2n) is 7.19. The molecule has 0 spiro atoms. The predicted molar refractivity (Wildman–Crippen MR) is 98.4 cm³/mol. The number of aromatic nitrogens is 2. The van der Waals surface area contributed by atoms with E-state index in [1.165, 1.54) is 11.1 Å². The fourth-order valence-corrected chi connectivity index (χ4v) is 3.68. The van der Waals surface area contributed by atoms with Crippen LogP contribution in [0.5, 0.6) is 0 Å². The number of carbonyl (C=O) groups excluding carboxylic acids is 1. The number of fused-ring (bicyclic) bond motifs is 1. The summed E-state index contributed by atoms with van der Waals surface area (Å²) in [5, 5.41) is 13.3. The van der Waals surface area contributed by atoms with Gasteiger partial charge in [0.25, 0.3) is 0 Å². The fourth-order valence-electron chi connectivity index (χ4n) is 3.68. The molecule has 1 aliphatic rings. The fraction of sp³-hybridized carbons (Fsp3) is 0.579. The number of carbonyl (C=O) groups is 1. The van der Waals surface area contributed by atoms with E-state index in [2.05, 4.69) is 41.2 Å². The molecule has 136 valence electrons. The maximum Gasteiger partial charge on any atom is 0.224 e. The number of aliphatic hydroxyl groups is 1. The molecule has 2 N–H and O–H groups in total. The second kappa shape index (κ2) is 7.54. The van der Waals surface area contributed by atoms with Gasteiger partial charge >= 0.3 is 0 Å². The van der Waals surface area contributed by atoms with Gasteiger partial charge in [-0.15, -0.1) is 0 Å². The minimum atomic E-state index is -0.484. The highest BCUT2D eigenvalue weighted by Crippen LogP contribution is 2.20. The van der Waals surface area contributed by atoms with Gasteiger partial charge in [0, 0.05) is 20.1 Å². The zero-order chi connectivity index (χ0) is 18.0. The number of piperidine rings is 1. The van der Waals surface area contributed by atoms with E-state index in [0.717, 1.165) is 37.0 Å². The molecule has 0 radical (unpaired) electrons. The van der Waals surface area contributed by atoms with Gasteiger partial charge in [-0.25, -0.2) is 4.98 Å². The molecule has 1 saturated heterocycles. The Balaban J connectivity index is 1.64. The van der Waals surface area contributed by atoms with Crippen LogP contribution in [0.25, 0.3) is 11.0 Å². The Hall–Kier alpha value is -1.92. The molecule has 1 aromatic heterocycles. The molecule has 0 aliphatic carbocycles. The van der Waals surface area contributed by atoms with Crippen molar-refractivity contribution in [3.05, 3.63) is 29.6 Å². The normalized spacial score (nSPS) is 19.9. The highest BCUT2D eigenvalue weighted by Gasteiger charge is 2.26. The van der Waals surface area contributed by atoms with Crippen LogP contribution in [0.2, 0.25) is 0 Å². The second-order valence-corrected chi connectivity index (χ2v) is 7.19. The highest BCUT2D eigenvalue weighted by atomic mass is 16.3. The van der Waals surface area contributed by atoms with Crippen molar-refractivity contribution >= 4 is 16.9 Å². The largest absolute Gasteiger partial charge is 0.390 e. The number of aliphatic hydroxyl groups excluding tert-OH is 1. The van der Waals surface area contributed by atoms with Gasteiger partial charge in [-0.3, -0.25) is 9.69 Å². The zero-order valence-corrected chi connectivity index (χ0v) is 15.3. The van der Waals surface area contributed by atoms with Crippen LogP contribution in [0.15, 0.2) is 18.5 Å². The van der Waals surface area contributed by atoms with E-state index in [1.54, 1.807) is 13.4 Å². The molecule has 6 nitrogen and oxygen atoms in total. The molecule has 3 rings (SSSR count). The molecule has 1 aliphatic heterocycles. The Morgan fingerprint density at radius 2 is 2.12 bits per heavy atom. The lowest BCUT2D eigenvalue weighted by Crippen LogP contribution is -2.45. The minimum Gasteiger partial charge on any atom is -0.390 e. The third-order valence-corrected chi connectivity index (χ3v) is 5.24. The van der Waals surface area contributed by atoms with E-state index < -0.39 is 6.10 Å². The molecule has 2 aromatic rings. The van der Waals surface area contributed by atoms with Crippen LogP contribution in [0.1, 0.15) is 24.0 Å². The van der Waals surface area contributed by atoms with Gasteiger partial charge in [-0.1, -0.05) is 0 Å². The number of amides is 1. The zero-order valence-electron chi connectivity index (χ0n) is 15.3. The van der Waals surface area contributed by atoms with E-state index in [9.17, 15) is 9.90 Å². The first-order valence-corrected chi connectivity index (χ1v) is 9.02. The topological polar surface area (TPSA) is 70.4 Å². The molecule has 2 atom stereocenters. The smallest absolute Gasteiger partial charge is 0.224 e. The number of hydrogen-bond donors (Lipinski definition) is 2. The van der Waals surface area contributed by atoms with Gasteiger partial charge < -0.3 is 15.0 Å². The number of imidazole rings is 1. The summed E-state index contributed by atoms with van der Waals surface area (Å²) in [5.74, 6) is 0.135. The van der Waals surface area contributed by atoms with E-state index in [0.29, 0.717) is 13.1 Å². The van der Waals surface area contributed by atoms with Crippen molar-refractivity contribution in [3.8, 4) is 0 Å². The lowest BCUT2D eigenvalue weighted by atomic mass is 9.97. The Morgan fingerprint density at radius 1 is 1.36 bits per heavy atom. The number of nitrogens with one attached hydrogen (secondary N) is 1. The van der Waals surface area contributed by atoms with Crippen molar-refractivity contribution in [1.82, 2.24) is 19.8 Å². The lowest BCUT2D eigenvalue weighted by Gasteiger charge is -2.33. The van der Waals surface area contributed by atoms with E-state index in [4.69, 9.17) is 0 Å². The molecule has 0 bridgehead atoms. The third kappa shape index (κ3) is 4.02. The van der Waals surface area contributed by atoms with Crippen LogP contribution < -0.4 is 5.32 Å². The number of β-amino-alcohol motifs (C(OH)–C–C–N with tert-alkyl or cyclic N) is 1. The summed E-state index contributed by atoms with van der Waals surface area (Å²) in [7, 11) is 1.68. The van der Waals surface area contributed by atoms with Crippen LogP contribution in [-0.4, -0.2) is 58.3 Å². The van der Waals surface area contributed by atoms with Crippen LogP contribution >= 0.6 is 0 Å². The summed E-state index contributed by atoms with van der Waals surface area (Å²) >= 11 is 0. The molecular formula is C19H28N4O2. The molecular weight excluding hydrogens is 316 g/mol. The molecule has 2 heterocycles. The Kier molecular flexibility index (Phi) is 5.39. The average Bonchev–Trinajstić information content (AvgIpc) is 2.96. The van der Waals surface area contributed by atoms with Crippen LogP contribution in [-0.2, 0) is 11.3 Å². The molecule has 6 heteroatoms. The van der Waals surface area contributed by atoms with Crippen molar-refractivity contribution in [2.24, 2.45) is 5.92 Å². The van der Waals surface area contributed by atoms with E-state index in [1.807, 2.05) is 4.57 Å². The summed E-state index contributed by atoms with van der Waals surface area (Å²) in [6, 6.07) is 4.22. The maximum atomic E-state index is 11.8. The third-order valence-electron chi connectivity index (χ3n) is 5.24. The van der Waals surface area contributed by atoms with E-state index >= 15 is 0 Å². The van der Waals surface area contributed by atoms with Gasteiger partial charge in [-0.05, 0) is 56.5 Å². The molecule has 1 amide bonds. The van der Waals surface area contributed by atoms with Gasteiger partial charge in [0.05, 0.1) is 35.9 Å². The lowest BCUT2D eigenvalue weighted by molar-refractivity contribution is -0.126. The number of nitrogens with zero attached hydrogens (tertiary/aromatic N) is 3. The minimum absolute atomic E-state index is 0.0330. The van der Waals surface area contributed by atoms with Crippen molar-refractivity contribution < 1.29 is 9.90 Å². The Morgan fingerprint density at radius 3 is 2.88 bits per heavy atom. The van der Waals surface area contributed by atoms with Gasteiger partial charge in [0.15, 0.2) is 0 Å². The average molecular weight is 344 g/mol. The number of aryl methyl sites for hydroxylation is 2. The van der Waals surface area contributed by atoms with Gasteiger partial charge in [0.1, 0.15) is 0 Å². The molecule has 1 fully saturated rings. The van der Waals surface area contributed by atoms with Gasteiger partial charge in [0.2, 0.25) is 5.91 Å². The molecule has 0 saturated carbocycles. The first-order valence-electron chi connectivity index (χ1n) is 9.02. The van der Waals surface area contributed by atoms with Crippen molar-refractivity contribution in [2.45, 2.75) is 39.3 Å². The quantitative estimate of drug-likeness (QED) is 0.862. The standard InChI is InChI=1S/C19H28N4O2/c1-13-7-17-18(8-14(13)2)23(12-21-17)11-16(24)10-22-6-4-5-15(9-22)19(25)20-3/h7-8,12,15-16,24H,4-6,9-11H2,1-3H3,(H,20,25). The summed E-state index contributed by atoms with van der Waals surface area (Å²) in [6.07, 6.45) is 3.24. The first kappa shape index (κ1) is 17.9. The van der Waals surface area contributed by atoms with Crippen LogP contribution in [0.3, 0.4) is 0 Å². The number of rotatable bonds is 5. The first-order chi connectivity index (χ1) is 12.0. The SMILES string of the molecule is CNC(=O)C1CCCN(CC(O)Cn2cnc3cc(C)c(C)cc32)C1. The van der Waals surface area contributed by atoms with Crippen molar-refractivity contribution in [2.75, 3.05) is 26.7 Å².